The molecular formula is C20H23NO4. The molecule has 5 nitrogen and oxygen atoms in total. The van der Waals surface area contributed by atoms with E-state index in [0.29, 0.717) is 5.75 Å². The number of rotatable bonds is 7. The molecule has 0 aliphatic rings. The van der Waals surface area contributed by atoms with Crippen molar-refractivity contribution in [1.82, 2.24) is 5.32 Å². The molecular weight excluding hydrogens is 318 g/mol. The van der Waals surface area contributed by atoms with Crippen molar-refractivity contribution in [3.8, 4) is 5.75 Å². The summed E-state index contributed by atoms with van der Waals surface area (Å²) < 4.78 is 5.65. The number of carboxylic acids is 1. The third kappa shape index (κ3) is 5.08. The quantitative estimate of drug-likeness (QED) is 0.810. The van der Waals surface area contributed by atoms with E-state index in [-0.39, 0.29) is 5.91 Å². The van der Waals surface area contributed by atoms with Gasteiger partial charge in [-0.3, -0.25) is 9.59 Å². The van der Waals surface area contributed by atoms with Crippen LogP contribution in [0.2, 0.25) is 0 Å². The Morgan fingerprint density at radius 1 is 1.00 bits per heavy atom. The van der Waals surface area contributed by atoms with E-state index in [1.165, 1.54) is 0 Å². The van der Waals surface area contributed by atoms with Crippen LogP contribution in [0.5, 0.6) is 5.75 Å². The predicted molar refractivity (Wildman–Crippen MR) is 95.4 cm³/mol. The van der Waals surface area contributed by atoms with Crippen LogP contribution in [-0.4, -0.2) is 23.1 Å². The van der Waals surface area contributed by atoms with Crippen molar-refractivity contribution in [2.75, 3.05) is 0 Å². The molecule has 2 N–H and O–H groups in total. The van der Waals surface area contributed by atoms with Crippen molar-refractivity contribution < 1.29 is 19.4 Å². The molecule has 5 heteroatoms. The number of benzene rings is 2. The largest absolute Gasteiger partial charge is 0.481 e. The zero-order valence-electron chi connectivity index (χ0n) is 14.6. The molecule has 3 unspecified atom stereocenters. The molecule has 0 heterocycles. The number of carbonyl (C=O) groups is 2. The lowest BCUT2D eigenvalue weighted by Gasteiger charge is -2.25. The fraction of sp³-hybridized carbons (Fsp3) is 0.300. The average molecular weight is 341 g/mol. The summed E-state index contributed by atoms with van der Waals surface area (Å²) in [5.41, 5.74) is 1.84. The van der Waals surface area contributed by atoms with Crippen LogP contribution < -0.4 is 10.1 Å². The Labute approximate surface area is 147 Å². The van der Waals surface area contributed by atoms with Crippen LogP contribution in [0.25, 0.3) is 0 Å². The molecule has 0 saturated heterocycles. The van der Waals surface area contributed by atoms with Crippen molar-refractivity contribution in [1.29, 1.82) is 0 Å². The molecule has 2 aromatic carbocycles. The molecule has 2 aromatic rings. The highest BCUT2D eigenvalue weighted by Gasteiger charge is 2.28. The highest BCUT2D eigenvalue weighted by molar-refractivity contribution is 5.82. The molecule has 25 heavy (non-hydrogen) atoms. The maximum atomic E-state index is 12.5. The normalized spacial score (nSPS) is 14.2. The van der Waals surface area contributed by atoms with Crippen LogP contribution in [0.3, 0.4) is 0 Å². The average Bonchev–Trinajstić information content (AvgIpc) is 2.61. The van der Waals surface area contributed by atoms with E-state index in [0.717, 1.165) is 11.1 Å². The molecule has 1 amide bonds. The first-order valence-corrected chi connectivity index (χ1v) is 8.20. The van der Waals surface area contributed by atoms with E-state index in [9.17, 15) is 14.7 Å². The lowest BCUT2D eigenvalue weighted by Crippen LogP contribution is -2.42. The van der Waals surface area contributed by atoms with Crippen LogP contribution in [0.15, 0.2) is 54.6 Å². The number of ether oxygens (including phenoxy) is 1. The van der Waals surface area contributed by atoms with Crippen LogP contribution in [0.1, 0.15) is 31.0 Å². The first kappa shape index (κ1) is 18.5. The van der Waals surface area contributed by atoms with Gasteiger partial charge in [-0.15, -0.1) is 0 Å². The van der Waals surface area contributed by atoms with Gasteiger partial charge in [-0.05, 0) is 38.5 Å². The van der Waals surface area contributed by atoms with E-state index in [1.807, 2.05) is 37.3 Å². The Morgan fingerprint density at radius 2 is 1.60 bits per heavy atom. The Morgan fingerprint density at radius 3 is 2.16 bits per heavy atom. The van der Waals surface area contributed by atoms with E-state index >= 15 is 0 Å². The molecule has 0 radical (unpaired) electrons. The SMILES string of the molecule is Cc1ccc(OC(C)C(=O)NC(c2ccccc2)C(C)C(=O)O)cc1. The van der Waals surface area contributed by atoms with Crippen LogP contribution in [0, 0.1) is 12.8 Å². The minimum absolute atomic E-state index is 0.359. The van der Waals surface area contributed by atoms with E-state index < -0.39 is 24.0 Å². The molecule has 0 aromatic heterocycles. The van der Waals surface area contributed by atoms with Gasteiger partial charge in [0, 0.05) is 0 Å². The number of carboxylic acid groups (broad SMARTS) is 1. The maximum Gasteiger partial charge on any atom is 0.308 e. The molecule has 3 atom stereocenters. The number of carbonyl (C=O) groups excluding carboxylic acids is 1. The lowest BCUT2D eigenvalue weighted by atomic mass is 9.94. The first-order valence-electron chi connectivity index (χ1n) is 8.20. The maximum absolute atomic E-state index is 12.5. The summed E-state index contributed by atoms with van der Waals surface area (Å²) in [4.78, 5) is 23.9. The van der Waals surface area contributed by atoms with Crippen molar-refractivity contribution in [2.45, 2.75) is 32.9 Å². The van der Waals surface area contributed by atoms with E-state index in [4.69, 9.17) is 4.74 Å². The standard InChI is InChI=1S/C20H23NO4/c1-13-9-11-17(12-10-13)25-15(3)19(22)21-18(14(2)20(23)24)16-7-5-4-6-8-16/h4-12,14-15,18H,1-3H3,(H,21,22)(H,23,24). The summed E-state index contributed by atoms with van der Waals surface area (Å²) in [5, 5.41) is 12.1. The number of nitrogens with one attached hydrogen (secondary N) is 1. The van der Waals surface area contributed by atoms with E-state index in [2.05, 4.69) is 5.32 Å². The lowest BCUT2D eigenvalue weighted by molar-refractivity contribution is -0.142. The monoisotopic (exact) mass is 341 g/mol. The summed E-state index contributed by atoms with van der Waals surface area (Å²) in [7, 11) is 0. The smallest absolute Gasteiger partial charge is 0.308 e. The molecule has 0 saturated carbocycles. The number of aryl methyl sites for hydroxylation is 1. The molecule has 0 aliphatic heterocycles. The van der Waals surface area contributed by atoms with Crippen LogP contribution in [0.4, 0.5) is 0 Å². The van der Waals surface area contributed by atoms with Gasteiger partial charge >= 0.3 is 5.97 Å². The van der Waals surface area contributed by atoms with Gasteiger partial charge in [0.1, 0.15) is 5.75 Å². The van der Waals surface area contributed by atoms with Crippen molar-refractivity contribution in [3.05, 3.63) is 65.7 Å². The highest BCUT2D eigenvalue weighted by atomic mass is 16.5. The van der Waals surface area contributed by atoms with Gasteiger partial charge in [-0.1, -0.05) is 48.0 Å². The van der Waals surface area contributed by atoms with Crippen LogP contribution >= 0.6 is 0 Å². The van der Waals surface area contributed by atoms with Gasteiger partial charge in [0.05, 0.1) is 12.0 Å². The first-order chi connectivity index (χ1) is 11.9. The van der Waals surface area contributed by atoms with Gasteiger partial charge in [0.15, 0.2) is 6.10 Å². The Kier molecular flexibility index (Phi) is 6.17. The number of hydrogen-bond acceptors (Lipinski definition) is 3. The van der Waals surface area contributed by atoms with Gasteiger partial charge < -0.3 is 15.2 Å². The minimum Gasteiger partial charge on any atom is -0.481 e. The van der Waals surface area contributed by atoms with Gasteiger partial charge in [-0.2, -0.15) is 0 Å². The number of amides is 1. The number of aliphatic carboxylic acids is 1. The second kappa shape index (κ2) is 8.33. The molecule has 2 rings (SSSR count). The van der Waals surface area contributed by atoms with Crippen molar-refractivity contribution in [3.63, 3.8) is 0 Å². The van der Waals surface area contributed by atoms with Gasteiger partial charge in [0.2, 0.25) is 0 Å². The third-order valence-electron chi connectivity index (χ3n) is 4.05. The molecule has 132 valence electrons. The summed E-state index contributed by atoms with van der Waals surface area (Å²) in [5.74, 6) is -1.50. The molecule has 0 aliphatic carbocycles. The molecule has 0 bridgehead atoms. The van der Waals surface area contributed by atoms with Gasteiger partial charge in [0.25, 0.3) is 5.91 Å². The second-order valence-corrected chi connectivity index (χ2v) is 6.10. The molecule has 0 spiro atoms. The Bertz CT molecular complexity index is 712. The van der Waals surface area contributed by atoms with E-state index in [1.54, 1.807) is 38.1 Å². The van der Waals surface area contributed by atoms with Crippen molar-refractivity contribution in [2.24, 2.45) is 5.92 Å². The summed E-state index contributed by atoms with van der Waals surface area (Å²) in [6, 6.07) is 15.8. The second-order valence-electron chi connectivity index (χ2n) is 6.10. The molecule has 0 fully saturated rings. The fourth-order valence-electron chi connectivity index (χ4n) is 2.45. The summed E-state index contributed by atoms with van der Waals surface area (Å²) in [6.07, 6.45) is -0.741. The predicted octanol–water partition coefficient (Wildman–Crippen LogP) is 3.34. The summed E-state index contributed by atoms with van der Waals surface area (Å²) in [6.45, 7) is 5.19. The highest BCUT2D eigenvalue weighted by Crippen LogP contribution is 2.23. The number of hydrogen-bond donors (Lipinski definition) is 2. The van der Waals surface area contributed by atoms with Crippen LogP contribution in [-0.2, 0) is 9.59 Å². The van der Waals surface area contributed by atoms with Gasteiger partial charge in [-0.25, -0.2) is 0 Å². The summed E-state index contributed by atoms with van der Waals surface area (Å²) >= 11 is 0. The Hall–Kier alpha value is -2.82. The fourth-order valence-corrected chi connectivity index (χ4v) is 2.45. The minimum atomic E-state index is -0.971. The topological polar surface area (TPSA) is 75.6 Å². The zero-order chi connectivity index (χ0) is 18.4. The Balaban J connectivity index is 2.10. The third-order valence-corrected chi connectivity index (χ3v) is 4.05. The zero-order valence-corrected chi connectivity index (χ0v) is 14.6. The van der Waals surface area contributed by atoms with Crippen molar-refractivity contribution >= 4 is 11.9 Å².